The number of hydrogen-bond donors (Lipinski definition) is 2. The molecule has 0 unspecified atom stereocenters. The zero-order chi connectivity index (χ0) is 12.7. The van der Waals surface area contributed by atoms with Crippen LogP contribution in [0.3, 0.4) is 0 Å². The number of aromatic nitrogens is 1. The van der Waals surface area contributed by atoms with E-state index in [1.165, 1.54) is 0 Å². The Bertz CT molecular complexity index is 429. The minimum absolute atomic E-state index is 0.122. The molecule has 1 aromatic heterocycles. The molecule has 0 bridgehead atoms. The maximum Gasteiger partial charge on any atom is 0.212 e. The molecule has 0 fully saturated rings. The van der Waals surface area contributed by atoms with Gasteiger partial charge in [-0.1, -0.05) is 6.92 Å². The molecule has 17 heavy (non-hydrogen) atoms. The van der Waals surface area contributed by atoms with Crippen molar-refractivity contribution in [3.8, 4) is 0 Å². The number of nitrogens with one attached hydrogen (secondary N) is 2. The Hall–Kier alpha value is -0.500. The summed E-state index contributed by atoms with van der Waals surface area (Å²) in [7, 11) is -3.15. The molecule has 2 N–H and O–H groups in total. The second-order valence-electron chi connectivity index (χ2n) is 3.67. The maximum atomic E-state index is 11.5. The quantitative estimate of drug-likeness (QED) is 0.680. The van der Waals surface area contributed by atoms with Gasteiger partial charge in [0.1, 0.15) is 0 Å². The van der Waals surface area contributed by atoms with Crippen LogP contribution in [0.4, 0.5) is 0 Å². The van der Waals surface area contributed by atoms with Gasteiger partial charge >= 0.3 is 0 Å². The zero-order valence-corrected chi connectivity index (χ0v) is 11.8. The summed E-state index contributed by atoms with van der Waals surface area (Å²) in [5.74, 6) is 0.122. The van der Waals surface area contributed by atoms with Gasteiger partial charge in [-0.25, -0.2) is 18.1 Å². The lowest BCUT2D eigenvalue weighted by Gasteiger charge is -2.05. The molecule has 0 atom stereocenters. The van der Waals surface area contributed by atoms with Crippen molar-refractivity contribution >= 4 is 21.4 Å². The molecule has 0 aliphatic heterocycles. The SMILES string of the molecule is CCNCCS(=O)(=O)NCCc1csc(C)n1. The van der Waals surface area contributed by atoms with Crippen LogP contribution in [0.15, 0.2) is 5.38 Å². The van der Waals surface area contributed by atoms with Gasteiger partial charge in [-0.15, -0.1) is 11.3 Å². The molecular weight excluding hydrogens is 258 g/mol. The van der Waals surface area contributed by atoms with Gasteiger partial charge in [0.2, 0.25) is 10.0 Å². The van der Waals surface area contributed by atoms with Crippen molar-refractivity contribution < 1.29 is 8.42 Å². The summed E-state index contributed by atoms with van der Waals surface area (Å²) < 4.78 is 25.6. The summed E-state index contributed by atoms with van der Waals surface area (Å²) in [6.45, 7) is 5.58. The van der Waals surface area contributed by atoms with Crippen LogP contribution in [0, 0.1) is 6.92 Å². The number of rotatable bonds is 8. The Morgan fingerprint density at radius 2 is 2.18 bits per heavy atom. The second-order valence-corrected chi connectivity index (χ2v) is 6.66. The van der Waals surface area contributed by atoms with E-state index in [2.05, 4.69) is 15.0 Å². The van der Waals surface area contributed by atoms with E-state index in [1.807, 2.05) is 19.2 Å². The van der Waals surface area contributed by atoms with E-state index in [-0.39, 0.29) is 5.75 Å². The average molecular weight is 277 g/mol. The fourth-order valence-electron chi connectivity index (χ4n) is 1.31. The van der Waals surface area contributed by atoms with Gasteiger partial charge in [0, 0.05) is 24.9 Å². The highest BCUT2D eigenvalue weighted by molar-refractivity contribution is 7.89. The van der Waals surface area contributed by atoms with Crippen LogP contribution in [0.1, 0.15) is 17.6 Å². The smallest absolute Gasteiger partial charge is 0.212 e. The Labute approximate surface area is 107 Å². The average Bonchev–Trinajstić information content (AvgIpc) is 2.64. The lowest BCUT2D eigenvalue weighted by Crippen LogP contribution is -2.33. The van der Waals surface area contributed by atoms with Crippen molar-refractivity contribution in [2.75, 3.05) is 25.4 Å². The Balaban J connectivity index is 2.25. The second kappa shape index (κ2) is 7.05. The van der Waals surface area contributed by atoms with Crippen molar-refractivity contribution in [2.45, 2.75) is 20.3 Å². The maximum absolute atomic E-state index is 11.5. The van der Waals surface area contributed by atoms with Crippen LogP contribution in [-0.2, 0) is 16.4 Å². The molecule has 7 heteroatoms. The van der Waals surface area contributed by atoms with Gasteiger partial charge in [-0.2, -0.15) is 0 Å². The molecule has 0 spiro atoms. The molecule has 0 amide bonds. The molecule has 5 nitrogen and oxygen atoms in total. The van der Waals surface area contributed by atoms with Crippen LogP contribution in [-0.4, -0.2) is 38.8 Å². The lowest BCUT2D eigenvalue weighted by molar-refractivity contribution is 0.577. The largest absolute Gasteiger partial charge is 0.316 e. The number of nitrogens with zero attached hydrogens (tertiary/aromatic N) is 1. The first kappa shape index (κ1) is 14.6. The standard InChI is InChI=1S/C10H19N3O2S2/c1-3-11-6-7-17(14,15)12-5-4-10-8-16-9(2)13-10/h8,11-12H,3-7H2,1-2H3. The van der Waals surface area contributed by atoms with Gasteiger partial charge in [0.05, 0.1) is 16.5 Å². The third-order valence-electron chi connectivity index (χ3n) is 2.17. The molecule has 0 aliphatic carbocycles. The Morgan fingerprint density at radius 1 is 1.41 bits per heavy atom. The topological polar surface area (TPSA) is 71.1 Å². The van der Waals surface area contributed by atoms with Gasteiger partial charge < -0.3 is 5.32 Å². The van der Waals surface area contributed by atoms with Crippen LogP contribution < -0.4 is 10.0 Å². The molecular formula is C10H19N3O2S2. The number of hydrogen-bond acceptors (Lipinski definition) is 5. The molecule has 1 heterocycles. The predicted octanol–water partition coefficient (Wildman–Crippen LogP) is 0.523. The third-order valence-corrected chi connectivity index (χ3v) is 4.38. The number of thiazole rings is 1. The van der Waals surface area contributed by atoms with Crippen molar-refractivity contribution in [3.63, 3.8) is 0 Å². The molecule has 0 radical (unpaired) electrons. The summed E-state index contributed by atoms with van der Waals surface area (Å²) in [6.07, 6.45) is 0.644. The summed E-state index contributed by atoms with van der Waals surface area (Å²) in [5.41, 5.74) is 0.946. The fourth-order valence-corrected chi connectivity index (χ4v) is 2.93. The summed E-state index contributed by atoms with van der Waals surface area (Å²) in [5, 5.41) is 5.96. The Morgan fingerprint density at radius 3 is 2.76 bits per heavy atom. The van der Waals surface area contributed by atoms with Gasteiger partial charge in [-0.05, 0) is 13.5 Å². The van der Waals surface area contributed by atoms with E-state index < -0.39 is 10.0 Å². The predicted molar refractivity (Wildman–Crippen MR) is 70.9 cm³/mol. The monoisotopic (exact) mass is 277 g/mol. The summed E-state index contributed by atoms with van der Waals surface area (Å²) >= 11 is 1.58. The summed E-state index contributed by atoms with van der Waals surface area (Å²) in [4.78, 5) is 4.28. The molecule has 1 aromatic rings. The molecule has 98 valence electrons. The van der Waals surface area contributed by atoms with E-state index in [4.69, 9.17) is 0 Å². The minimum atomic E-state index is -3.15. The zero-order valence-electron chi connectivity index (χ0n) is 10.2. The van der Waals surface area contributed by atoms with E-state index in [0.717, 1.165) is 17.2 Å². The van der Waals surface area contributed by atoms with Crippen LogP contribution in [0.2, 0.25) is 0 Å². The molecule has 0 aliphatic rings. The van der Waals surface area contributed by atoms with Crippen molar-refractivity contribution in [2.24, 2.45) is 0 Å². The molecule has 0 aromatic carbocycles. The van der Waals surface area contributed by atoms with E-state index in [0.29, 0.717) is 19.5 Å². The van der Waals surface area contributed by atoms with Crippen molar-refractivity contribution in [3.05, 3.63) is 16.1 Å². The first-order chi connectivity index (χ1) is 8.03. The van der Waals surface area contributed by atoms with Gasteiger partial charge in [0.15, 0.2) is 0 Å². The Kier molecular flexibility index (Phi) is 6.04. The highest BCUT2D eigenvalue weighted by Gasteiger charge is 2.09. The fraction of sp³-hybridized carbons (Fsp3) is 0.700. The van der Waals surface area contributed by atoms with E-state index in [1.54, 1.807) is 11.3 Å². The highest BCUT2D eigenvalue weighted by atomic mass is 32.2. The normalized spacial score (nSPS) is 11.9. The van der Waals surface area contributed by atoms with Crippen molar-refractivity contribution in [1.82, 2.24) is 15.0 Å². The molecule has 1 rings (SSSR count). The van der Waals surface area contributed by atoms with E-state index in [9.17, 15) is 8.42 Å². The molecule has 0 saturated heterocycles. The van der Waals surface area contributed by atoms with Crippen LogP contribution in [0.5, 0.6) is 0 Å². The van der Waals surface area contributed by atoms with Crippen LogP contribution in [0.25, 0.3) is 0 Å². The third kappa shape index (κ3) is 6.11. The number of sulfonamides is 1. The van der Waals surface area contributed by atoms with Crippen molar-refractivity contribution in [1.29, 1.82) is 0 Å². The minimum Gasteiger partial charge on any atom is -0.316 e. The number of aryl methyl sites for hydroxylation is 1. The van der Waals surface area contributed by atoms with Gasteiger partial charge in [0.25, 0.3) is 0 Å². The highest BCUT2D eigenvalue weighted by Crippen LogP contribution is 2.07. The lowest BCUT2D eigenvalue weighted by atomic mass is 10.3. The first-order valence-electron chi connectivity index (χ1n) is 5.62. The molecule has 0 saturated carbocycles. The van der Waals surface area contributed by atoms with Gasteiger partial charge in [-0.3, -0.25) is 0 Å². The summed E-state index contributed by atoms with van der Waals surface area (Å²) in [6, 6.07) is 0. The van der Waals surface area contributed by atoms with E-state index >= 15 is 0 Å². The van der Waals surface area contributed by atoms with Crippen LogP contribution >= 0.6 is 11.3 Å². The first-order valence-corrected chi connectivity index (χ1v) is 8.16.